The first-order valence-electron chi connectivity index (χ1n) is 7.57. The van der Waals surface area contributed by atoms with Crippen LogP contribution in [0.4, 0.5) is 0 Å². The van der Waals surface area contributed by atoms with Gasteiger partial charge in [0.15, 0.2) is 5.82 Å². The highest BCUT2D eigenvalue weighted by Crippen LogP contribution is 2.26. The Bertz CT molecular complexity index is 759. The highest BCUT2D eigenvalue weighted by Gasteiger charge is 2.13. The number of methoxy groups -OCH3 is 2. The van der Waals surface area contributed by atoms with Gasteiger partial charge >= 0.3 is 0 Å². The molecule has 0 spiro atoms. The van der Waals surface area contributed by atoms with Crippen molar-refractivity contribution in [2.45, 2.75) is 11.3 Å². The summed E-state index contributed by atoms with van der Waals surface area (Å²) >= 11 is 1.57. The SMILES string of the molecule is COc1ccc(-c2nc(SCC(OC)c3ccccc3)n[nH]2)cc1. The number of nitrogens with zero attached hydrogens (tertiary/aromatic N) is 2. The Morgan fingerprint density at radius 3 is 2.46 bits per heavy atom. The third kappa shape index (κ3) is 3.96. The van der Waals surface area contributed by atoms with Crippen molar-refractivity contribution in [1.82, 2.24) is 15.2 Å². The van der Waals surface area contributed by atoms with Crippen LogP contribution in [0.25, 0.3) is 11.4 Å². The van der Waals surface area contributed by atoms with Crippen LogP contribution < -0.4 is 4.74 Å². The summed E-state index contributed by atoms with van der Waals surface area (Å²) in [5.74, 6) is 2.31. The Kier molecular flexibility index (Phi) is 5.51. The van der Waals surface area contributed by atoms with Crippen LogP contribution in [0, 0.1) is 0 Å². The fourth-order valence-electron chi connectivity index (χ4n) is 2.31. The zero-order chi connectivity index (χ0) is 16.8. The van der Waals surface area contributed by atoms with Gasteiger partial charge in [-0.2, -0.15) is 0 Å². The van der Waals surface area contributed by atoms with Crippen molar-refractivity contribution in [2.24, 2.45) is 0 Å². The van der Waals surface area contributed by atoms with E-state index >= 15 is 0 Å². The molecule has 0 aliphatic rings. The van der Waals surface area contributed by atoms with Crippen molar-refractivity contribution < 1.29 is 9.47 Å². The first-order chi connectivity index (χ1) is 11.8. The van der Waals surface area contributed by atoms with Crippen molar-refractivity contribution in [1.29, 1.82) is 0 Å². The molecule has 3 rings (SSSR count). The van der Waals surface area contributed by atoms with E-state index in [9.17, 15) is 0 Å². The summed E-state index contributed by atoms with van der Waals surface area (Å²) < 4.78 is 10.7. The number of thioether (sulfide) groups is 1. The quantitative estimate of drug-likeness (QED) is 0.659. The Balaban J connectivity index is 1.65. The van der Waals surface area contributed by atoms with Crippen LogP contribution in [0.3, 0.4) is 0 Å². The van der Waals surface area contributed by atoms with E-state index in [1.165, 1.54) is 0 Å². The predicted molar refractivity (Wildman–Crippen MR) is 95.3 cm³/mol. The number of ether oxygens (including phenoxy) is 2. The molecule has 24 heavy (non-hydrogen) atoms. The Morgan fingerprint density at radius 2 is 1.79 bits per heavy atom. The predicted octanol–water partition coefficient (Wildman–Crippen LogP) is 3.96. The monoisotopic (exact) mass is 341 g/mol. The molecule has 3 aromatic rings. The summed E-state index contributed by atoms with van der Waals surface area (Å²) in [6.45, 7) is 0. The number of nitrogens with one attached hydrogen (secondary N) is 1. The molecule has 0 aliphatic carbocycles. The summed E-state index contributed by atoms with van der Waals surface area (Å²) in [7, 11) is 3.37. The topological polar surface area (TPSA) is 60.0 Å². The van der Waals surface area contributed by atoms with Gasteiger partial charge in [-0.05, 0) is 29.8 Å². The number of aromatic amines is 1. The van der Waals surface area contributed by atoms with Crippen LogP contribution in [0.5, 0.6) is 5.75 Å². The highest BCUT2D eigenvalue weighted by atomic mass is 32.2. The molecule has 0 radical (unpaired) electrons. The molecule has 1 aromatic heterocycles. The van der Waals surface area contributed by atoms with Gasteiger partial charge in [-0.25, -0.2) is 4.98 Å². The average Bonchev–Trinajstić information content (AvgIpc) is 3.12. The van der Waals surface area contributed by atoms with Crippen LogP contribution in [-0.4, -0.2) is 35.2 Å². The fourth-order valence-corrected chi connectivity index (χ4v) is 3.20. The number of hydrogen-bond acceptors (Lipinski definition) is 5. The van der Waals surface area contributed by atoms with E-state index in [0.717, 1.165) is 28.5 Å². The van der Waals surface area contributed by atoms with E-state index in [1.54, 1.807) is 26.0 Å². The average molecular weight is 341 g/mol. The van der Waals surface area contributed by atoms with Gasteiger partial charge in [0.05, 0.1) is 13.2 Å². The van der Waals surface area contributed by atoms with Gasteiger partial charge in [0.25, 0.3) is 0 Å². The molecule has 1 atom stereocenters. The van der Waals surface area contributed by atoms with Gasteiger partial charge in [-0.1, -0.05) is 42.1 Å². The maximum Gasteiger partial charge on any atom is 0.208 e. The summed E-state index contributed by atoms with van der Waals surface area (Å²) in [5.41, 5.74) is 2.12. The summed E-state index contributed by atoms with van der Waals surface area (Å²) in [6, 6.07) is 17.9. The zero-order valence-corrected chi connectivity index (χ0v) is 14.4. The second kappa shape index (κ2) is 7.99. The maximum absolute atomic E-state index is 5.57. The molecule has 2 aromatic carbocycles. The van der Waals surface area contributed by atoms with Gasteiger partial charge in [0.2, 0.25) is 5.16 Å². The smallest absolute Gasteiger partial charge is 0.208 e. The third-order valence-electron chi connectivity index (χ3n) is 3.65. The fraction of sp³-hybridized carbons (Fsp3) is 0.222. The standard InChI is InChI=1S/C18H19N3O2S/c1-22-15-10-8-14(9-11-15)17-19-18(21-20-17)24-12-16(23-2)13-6-4-3-5-7-13/h3-11,16H,12H2,1-2H3,(H,19,20,21). The number of aromatic nitrogens is 3. The molecule has 1 heterocycles. The van der Waals surface area contributed by atoms with Crippen LogP contribution in [-0.2, 0) is 4.74 Å². The van der Waals surface area contributed by atoms with E-state index in [2.05, 4.69) is 27.3 Å². The van der Waals surface area contributed by atoms with E-state index in [4.69, 9.17) is 9.47 Å². The molecular weight excluding hydrogens is 322 g/mol. The number of hydrogen-bond donors (Lipinski definition) is 1. The van der Waals surface area contributed by atoms with E-state index in [1.807, 2.05) is 42.5 Å². The van der Waals surface area contributed by atoms with E-state index < -0.39 is 0 Å². The number of H-pyrrole nitrogens is 1. The van der Waals surface area contributed by atoms with Gasteiger partial charge in [0.1, 0.15) is 5.75 Å². The molecule has 0 saturated heterocycles. The lowest BCUT2D eigenvalue weighted by atomic mass is 10.1. The third-order valence-corrected chi connectivity index (χ3v) is 4.56. The summed E-state index contributed by atoms with van der Waals surface area (Å²) in [4.78, 5) is 4.54. The van der Waals surface area contributed by atoms with Crippen LogP contribution >= 0.6 is 11.8 Å². The molecule has 0 bridgehead atoms. The zero-order valence-electron chi connectivity index (χ0n) is 13.6. The molecule has 124 valence electrons. The Hall–Kier alpha value is -2.31. The van der Waals surface area contributed by atoms with Crippen molar-refractivity contribution in [3.8, 4) is 17.1 Å². The molecule has 6 heteroatoms. The lowest BCUT2D eigenvalue weighted by Gasteiger charge is -2.14. The number of benzene rings is 2. The Morgan fingerprint density at radius 1 is 1.04 bits per heavy atom. The molecule has 0 aliphatic heterocycles. The van der Waals surface area contributed by atoms with Crippen molar-refractivity contribution in [3.63, 3.8) is 0 Å². The number of rotatable bonds is 7. The summed E-state index contributed by atoms with van der Waals surface area (Å²) in [5, 5.41) is 7.96. The lowest BCUT2D eigenvalue weighted by molar-refractivity contribution is 0.123. The van der Waals surface area contributed by atoms with Crippen LogP contribution in [0.15, 0.2) is 59.8 Å². The molecule has 0 fully saturated rings. The van der Waals surface area contributed by atoms with Gasteiger partial charge in [-0.15, -0.1) is 5.10 Å². The molecule has 5 nitrogen and oxygen atoms in total. The van der Waals surface area contributed by atoms with Crippen molar-refractivity contribution >= 4 is 11.8 Å². The minimum atomic E-state index is 0.0131. The van der Waals surface area contributed by atoms with Gasteiger partial charge in [0, 0.05) is 18.4 Å². The van der Waals surface area contributed by atoms with Crippen LogP contribution in [0.2, 0.25) is 0 Å². The molecule has 1 unspecified atom stereocenters. The molecule has 0 amide bonds. The van der Waals surface area contributed by atoms with Gasteiger partial charge < -0.3 is 9.47 Å². The second-order valence-electron chi connectivity index (χ2n) is 5.14. The first-order valence-corrected chi connectivity index (χ1v) is 8.56. The first kappa shape index (κ1) is 16.5. The highest BCUT2D eigenvalue weighted by molar-refractivity contribution is 7.99. The van der Waals surface area contributed by atoms with E-state index in [-0.39, 0.29) is 6.10 Å². The summed E-state index contributed by atoms with van der Waals surface area (Å²) in [6.07, 6.45) is 0.0131. The maximum atomic E-state index is 5.57. The van der Waals surface area contributed by atoms with Gasteiger partial charge in [-0.3, -0.25) is 5.10 Å². The van der Waals surface area contributed by atoms with Crippen molar-refractivity contribution in [3.05, 3.63) is 60.2 Å². The molecule has 1 N–H and O–H groups in total. The van der Waals surface area contributed by atoms with E-state index in [0.29, 0.717) is 5.16 Å². The minimum Gasteiger partial charge on any atom is -0.497 e. The van der Waals surface area contributed by atoms with Crippen LogP contribution in [0.1, 0.15) is 11.7 Å². The normalized spacial score (nSPS) is 12.1. The molecule has 0 saturated carbocycles. The second-order valence-corrected chi connectivity index (χ2v) is 6.13. The largest absolute Gasteiger partial charge is 0.497 e. The molecular formula is C18H19N3O2S. The Labute approximate surface area is 145 Å². The lowest BCUT2D eigenvalue weighted by Crippen LogP contribution is -2.04. The van der Waals surface area contributed by atoms with Crippen molar-refractivity contribution in [2.75, 3.05) is 20.0 Å². The minimum absolute atomic E-state index is 0.0131.